The largest absolute Gasteiger partial charge is 0.467 e. The highest BCUT2D eigenvalue weighted by molar-refractivity contribution is 14.1. The molecule has 0 saturated carbocycles. The van der Waals surface area contributed by atoms with E-state index in [0.29, 0.717) is 0 Å². The van der Waals surface area contributed by atoms with E-state index in [1.165, 1.54) is 11.1 Å². The Kier molecular flexibility index (Phi) is 9.22. The maximum Gasteiger partial charge on any atom is 0.188 e. The van der Waals surface area contributed by atoms with Gasteiger partial charge in [-0.1, -0.05) is 59.8 Å². The first kappa shape index (κ1) is 21.0. The van der Waals surface area contributed by atoms with Crippen molar-refractivity contribution >= 4 is 22.6 Å². The van der Waals surface area contributed by atoms with Crippen molar-refractivity contribution in [3.05, 3.63) is 47.5 Å². The maximum absolute atomic E-state index is 5.94. The van der Waals surface area contributed by atoms with Crippen molar-refractivity contribution in [2.24, 2.45) is 0 Å². The first-order valence-electron chi connectivity index (χ1n) is 8.80. The highest BCUT2D eigenvalue weighted by Gasteiger charge is 2.20. The Morgan fingerprint density at radius 1 is 0.885 bits per heavy atom. The smallest absolute Gasteiger partial charge is 0.188 e. The van der Waals surface area contributed by atoms with Crippen LogP contribution in [0.2, 0.25) is 0 Å². The summed E-state index contributed by atoms with van der Waals surface area (Å²) in [5.41, 5.74) is 4.79. The lowest BCUT2D eigenvalue weighted by Gasteiger charge is -2.22. The van der Waals surface area contributed by atoms with E-state index < -0.39 is 0 Å². The van der Waals surface area contributed by atoms with Crippen LogP contribution in [-0.4, -0.2) is 32.2 Å². The van der Waals surface area contributed by atoms with E-state index in [1.807, 2.05) is 12.1 Å². The molecule has 0 atom stereocenters. The van der Waals surface area contributed by atoms with Crippen molar-refractivity contribution in [3.63, 3.8) is 0 Å². The zero-order chi connectivity index (χ0) is 18.8. The molecule has 2 aromatic carbocycles. The van der Waals surface area contributed by atoms with Crippen LogP contribution >= 0.6 is 22.6 Å². The van der Waals surface area contributed by atoms with Crippen LogP contribution in [0.4, 0.5) is 0 Å². The summed E-state index contributed by atoms with van der Waals surface area (Å²) in [6, 6.07) is 12.3. The summed E-state index contributed by atoms with van der Waals surface area (Å²) in [6.07, 6.45) is 2.97. The summed E-state index contributed by atoms with van der Waals surface area (Å²) in [6.45, 7) is 2.57. The Balaban J connectivity index is 2.66. The second kappa shape index (κ2) is 11.4. The topological polar surface area (TPSA) is 36.9 Å². The van der Waals surface area contributed by atoms with Gasteiger partial charge in [-0.3, -0.25) is 0 Å². The van der Waals surface area contributed by atoms with Gasteiger partial charge in [-0.15, -0.1) is 0 Å². The summed E-state index contributed by atoms with van der Waals surface area (Å²) in [7, 11) is 3.26. The number of hydrogen-bond donors (Lipinski definition) is 0. The summed E-state index contributed by atoms with van der Waals surface area (Å²) < 4.78 is 23.2. The van der Waals surface area contributed by atoms with Gasteiger partial charge in [-0.25, -0.2) is 0 Å². The van der Waals surface area contributed by atoms with Crippen molar-refractivity contribution in [1.82, 2.24) is 0 Å². The Morgan fingerprint density at radius 2 is 1.54 bits per heavy atom. The molecule has 0 radical (unpaired) electrons. The van der Waals surface area contributed by atoms with E-state index in [0.717, 1.165) is 46.3 Å². The molecule has 0 aliphatic carbocycles. The number of ether oxygens (including phenoxy) is 4. The molecular weight excluding hydrogens is 443 g/mol. The third-order valence-electron chi connectivity index (χ3n) is 4.11. The van der Waals surface area contributed by atoms with Gasteiger partial charge in [0.25, 0.3) is 0 Å². The summed E-state index contributed by atoms with van der Waals surface area (Å²) in [5.74, 6) is 1.61. The van der Waals surface area contributed by atoms with Crippen LogP contribution in [0.1, 0.15) is 24.5 Å². The van der Waals surface area contributed by atoms with Gasteiger partial charge in [0.05, 0.1) is 0 Å². The van der Waals surface area contributed by atoms with Gasteiger partial charge in [0.15, 0.2) is 13.6 Å². The van der Waals surface area contributed by atoms with E-state index in [-0.39, 0.29) is 13.6 Å². The van der Waals surface area contributed by atoms with Crippen LogP contribution in [0.5, 0.6) is 11.5 Å². The van der Waals surface area contributed by atoms with Crippen LogP contribution in [0.15, 0.2) is 36.4 Å². The molecule has 142 valence electrons. The molecule has 5 heteroatoms. The summed E-state index contributed by atoms with van der Waals surface area (Å²) in [4.78, 5) is 0. The molecule has 0 N–H and O–H groups in total. The predicted molar refractivity (Wildman–Crippen MR) is 113 cm³/mol. The van der Waals surface area contributed by atoms with Crippen molar-refractivity contribution in [1.29, 1.82) is 0 Å². The zero-order valence-corrected chi connectivity index (χ0v) is 17.9. The fraction of sp³-hybridized carbons (Fsp3) is 0.429. The fourth-order valence-corrected chi connectivity index (χ4v) is 3.42. The monoisotopic (exact) mass is 470 g/mol. The third kappa shape index (κ3) is 5.34. The molecule has 0 aliphatic heterocycles. The summed E-state index contributed by atoms with van der Waals surface area (Å²) >= 11 is 2.42. The van der Waals surface area contributed by atoms with E-state index in [1.54, 1.807) is 14.2 Å². The highest BCUT2D eigenvalue weighted by atomic mass is 127. The lowest BCUT2D eigenvalue weighted by Crippen LogP contribution is -2.09. The van der Waals surface area contributed by atoms with E-state index in [9.17, 15) is 0 Å². The molecule has 2 rings (SSSR count). The summed E-state index contributed by atoms with van der Waals surface area (Å²) in [5, 5.41) is 0. The first-order valence-corrected chi connectivity index (χ1v) is 10.3. The van der Waals surface area contributed by atoms with Gasteiger partial charge in [0, 0.05) is 25.8 Å². The van der Waals surface area contributed by atoms with Crippen LogP contribution in [0.25, 0.3) is 11.1 Å². The molecule has 26 heavy (non-hydrogen) atoms. The number of alkyl halides is 1. The first-order chi connectivity index (χ1) is 12.8. The molecule has 0 aliphatic rings. The van der Waals surface area contributed by atoms with Gasteiger partial charge < -0.3 is 18.9 Å². The quantitative estimate of drug-likeness (QED) is 0.256. The number of benzene rings is 2. The highest BCUT2D eigenvalue weighted by Crippen LogP contribution is 2.41. The van der Waals surface area contributed by atoms with Crippen LogP contribution in [0, 0.1) is 0 Å². The number of rotatable bonds is 11. The third-order valence-corrected chi connectivity index (χ3v) is 4.88. The minimum atomic E-state index is 0.195. The second-order valence-electron chi connectivity index (χ2n) is 5.82. The molecule has 0 amide bonds. The van der Waals surface area contributed by atoms with E-state index >= 15 is 0 Å². The minimum absolute atomic E-state index is 0.195. The number of hydrogen-bond acceptors (Lipinski definition) is 4. The average molecular weight is 470 g/mol. The molecule has 0 aromatic heterocycles. The molecule has 0 unspecified atom stereocenters. The Hall–Kier alpha value is -1.31. The van der Waals surface area contributed by atoms with Gasteiger partial charge in [0.2, 0.25) is 0 Å². The molecule has 0 fully saturated rings. The second-order valence-corrected chi connectivity index (χ2v) is 6.90. The molecule has 4 nitrogen and oxygen atoms in total. The minimum Gasteiger partial charge on any atom is -0.467 e. The lowest BCUT2D eigenvalue weighted by molar-refractivity contribution is 0.0457. The number of methoxy groups -OCH3 is 2. The molecule has 0 heterocycles. The van der Waals surface area contributed by atoms with Crippen molar-refractivity contribution in [2.45, 2.75) is 26.2 Å². The maximum atomic E-state index is 5.94. The molecule has 2 aromatic rings. The SMILES string of the molecule is CCc1c(OCOC)cc(OCOC)c(-c2ccccc2)c1CCCI. The Morgan fingerprint density at radius 3 is 2.12 bits per heavy atom. The standard InChI is InChI=1S/C21H27IO4/c1-4-17-18(11-8-12-22)21(16-9-6-5-7-10-16)20(26-15-24-3)13-19(17)25-14-23-2/h5-7,9-10,13H,4,8,11-12,14-15H2,1-3H3. The zero-order valence-electron chi connectivity index (χ0n) is 15.7. The average Bonchev–Trinajstić information content (AvgIpc) is 2.69. The van der Waals surface area contributed by atoms with E-state index in [4.69, 9.17) is 18.9 Å². The van der Waals surface area contributed by atoms with Crippen LogP contribution in [0.3, 0.4) is 0 Å². The van der Waals surface area contributed by atoms with Gasteiger partial charge in [-0.05, 0) is 40.4 Å². The van der Waals surface area contributed by atoms with Crippen molar-refractivity contribution in [2.75, 3.05) is 32.2 Å². The van der Waals surface area contributed by atoms with Gasteiger partial charge in [-0.2, -0.15) is 0 Å². The number of halogens is 1. The van der Waals surface area contributed by atoms with E-state index in [2.05, 4.69) is 53.8 Å². The molecular formula is C21H27IO4. The van der Waals surface area contributed by atoms with Gasteiger partial charge in [0.1, 0.15) is 11.5 Å². The normalized spacial score (nSPS) is 10.8. The predicted octanol–water partition coefficient (Wildman–Crippen LogP) is 5.25. The Bertz CT molecular complexity index is 673. The Labute approximate surface area is 169 Å². The van der Waals surface area contributed by atoms with Crippen molar-refractivity contribution < 1.29 is 18.9 Å². The van der Waals surface area contributed by atoms with Crippen LogP contribution in [-0.2, 0) is 22.3 Å². The molecule has 0 saturated heterocycles. The molecule has 0 bridgehead atoms. The van der Waals surface area contributed by atoms with Gasteiger partial charge >= 0.3 is 0 Å². The lowest BCUT2D eigenvalue weighted by atomic mass is 9.90. The fourth-order valence-electron chi connectivity index (χ4n) is 3.04. The molecule has 0 spiro atoms. The van der Waals surface area contributed by atoms with Crippen molar-refractivity contribution in [3.8, 4) is 22.6 Å². The van der Waals surface area contributed by atoms with Crippen LogP contribution < -0.4 is 9.47 Å².